The summed E-state index contributed by atoms with van der Waals surface area (Å²) in [5.74, 6) is 0.981. The third-order valence-corrected chi connectivity index (χ3v) is 7.24. The summed E-state index contributed by atoms with van der Waals surface area (Å²) in [7, 11) is 1.52. The van der Waals surface area contributed by atoms with Crippen LogP contribution in [0, 0.1) is 0 Å². The number of pyridine rings is 1. The van der Waals surface area contributed by atoms with Gasteiger partial charge < -0.3 is 24.8 Å². The Morgan fingerprint density at radius 3 is 2.76 bits per heavy atom. The Hall–Kier alpha value is -2.60. The van der Waals surface area contributed by atoms with Gasteiger partial charge in [-0.1, -0.05) is 34.2 Å². The second-order valence-electron chi connectivity index (χ2n) is 7.95. The summed E-state index contributed by atoms with van der Waals surface area (Å²) in [4.78, 5) is 35.6. The number of alkyl halides is 1. The number of amides is 1. The van der Waals surface area contributed by atoms with E-state index in [2.05, 4.69) is 48.1 Å². The molecule has 1 aromatic carbocycles. The van der Waals surface area contributed by atoms with Crippen molar-refractivity contribution in [2.75, 3.05) is 37.0 Å². The maximum atomic E-state index is 12.8. The van der Waals surface area contributed by atoms with Crippen LogP contribution < -0.4 is 25.8 Å². The number of fused-ring (bicyclic) bond motifs is 1. The summed E-state index contributed by atoms with van der Waals surface area (Å²) >= 11 is 8.88. The number of halogens is 2. The molecule has 0 bridgehead atoms. The van der Waals surface area contributed by atoms with Crippen LogP contribution in [0.25, 0.3) is 10.9 Å². The van der Waals surface area contributed by atoms with E-state index in [9.17, 15) is 9.59 Å². The minimum atomic E-state index is -0.310. The number of aryl methyl sites for hydroxylation is 1. The molecule has 9 nitrogen and oxygen atoms in total. The van der Waals surface area contributed by atoms with Crippen LogP contribution in [-0.2, 0) is 11.3 Å². The van der Waals surface area contributed by atoms with Crippen molar-refractivity contribution in [3.05, 3.63) is 45.8 Å². The van der Waals surface area contributed by atoms with E-state index >= 15 is 0 Å². The van der Waals surface area contributed by atoms with Gasteiger partial charge in [0.25, 0.3) is 11.5 Å². The summed E-state index contributed by atoms with van der Waals surface area (Å²) in [6.45, 7) is 3.95. The van der Waals surface area contributed by atoms with Crippen molar-refractivity contribution >= 4 is 68.5 Å². The molecule has 0 unspecified atom stereocenters. The van der Waals surface area contributed by atoms with E-state index in [1.54, 1.807) is 16.8 Å². The smallest absolute Gasteiger partial charge is 0.293 e. The van der Waals surface area contributed by atoms with Gasteiger partial charge in [-0.05, 0) is 44.0 Å². The molecule has 0 spiro atoms. The number of ether oxygens (including phenoxy) is 1. The minimum Gasteiger partial charge on any atom is -0.478 e. The number of rotatable bonds is 7. The van der Waals surface area contributed by atoms with Crippen LogP contribution in [-0.4, -0.2) is 51.1 Å². The number of benzene rings is 1. The normalized spacial score (nSPS) is 14.3. The molecule has 1 saturated heterocycles. The first-order valence-electron chi connectivity index (χ1n) is 11.1. The molecule has 2 N–H and O–H groups in total. The van der Waals surface area contributed by atoms with Crippen LogP contribution in [0.2, 0.25) is 5.02 Å². The number of carbonyl (C=O) groups is 1. The monoisotopic (exact) mass is 596 g/mol. The summed E-state index contributed by atoms with van der Waals surface area (Å²) in [6, 6.07) is 7.29. The van der Waals surface area contributed by atoms with E-state index < -0.39 is 0 Å². The lowest BCUT2D eigenvalue weighted by atomic mass is 10.1. The Balaban J connectivity index is 1.63. The minimum absolute atomic E-state index is 0.121. The van der Waals surface area contributed by atoms with Crippen molar-refractivity contribution in [1.29, 1.82) is 0 Å². The second kappa shape index (κ2) is 10.8. The van der Waals surface area contributed by atoms with E-state index in [0.717, 1.165) is 42.5 Å². The van der Waals surface area contributed by atoms with E-state index in [4.69, 9.17) is 16.3 Å². The molecule has 180 valence electrons. The van der Waals surface area contributed by atoms with Crippen LogP contribution in [0.5, 0.6) is 5.75 Å². The maximum Gasteiger partial charge on any atom is 0.293 e. The number of carbonyl (C=O) groups excluding carboxylic acids is 1. The van der Waals surface area contributed by atoms with Crippen LogP contribution in [0.1, 0.15) is 19.8 Å². The summed E-state index contributed by atoms with van der Waals surface area (Å²) in [6.07, 6.45) is 3.82. The lowest BCUT2D eigenvalue weighted by Gasteiger charge is -2.29. The lowest BCUT2D eigenvalue weighted by molar-refractivity contribution is -0.122. The van der Waals surface area contributed by atoms with Gasteiger partial charge in [0, 0.05) is 41.7 Å². The molecular weight excluding hydrogens is 571 g/mol. The van der Waals surface area contributed by atoms with Crippen LogP contribution in [0.15, 0.2) is 35.3 Å². The number of anilines is 3. The fourth-order valence-corrected chi connectivity index (χ4v) is 4.55. The molecule has 0 atom stereocenters. The Bertz CT molecular complexity index is 1260. The Morgan fingerprint density at radius 2 is 2.06 bits per heavy atom. The largest absolute Gasteiger partial charge is 0.478 e. The Kier molecular flexibility index (Phi) is 7.77. The number of aromatic nitrogens is 3. The molecule has 3 aromatic rings. The van der Waals surface area contributed by atoms with Gasteiger partial charge in [-0.15, -0.1) is 0 Å². The average molecular weight is 597 g/mol. The standard InChI is InChI=1S/C23H26ClIN6O3/c1-3-31-18-5-4-16(10-14(18)11-19(22(31)33)34-13-20(32)26-2)28-21-17(24)12-27-23(29-21)30-8-6-15(25)7-9-30/h4-5,10-12,15H,3,6-9,13H2,1-2H3,(H,26,32)(H,27,28,29). The van der Waals surface area contributed by atoms with Gasteiger partial charge >= 0.3 is 0 Å². The third-order valence-electron chi connectivity index (χ3n) is 5.72. The maximum absolute atomic E-state index is 12.8. The van der Waals surface area contributed by atoms with Crippen molar-refractivity contribution in [2.24, 2.45) is 0 Å². The molecule has 1 aliphatic heterocycles. The Labute approximate surface area is 216 Å². The topological polar surface area (TPSA) is 101 Å². The third kappa shape index (κ3) is 5.38. The number of hydrogen-bond acceptors (Lipinski definition) is 7. The van der Waals surface area contributed by atoms with Crippen molar-refractivity contribution in [1.82, 2.24) is 19.9 Å². The van der Waals surface area contributed by atoms with Crippen LogP contribution >= 0.6 is 34.2 Å². The predicted molar refractivity (Wildman–Crippen MR) is 143 cm³/mol. The summed E-state index contributed by atoms with van der Waals surface area (Å²) in [5.41, 5.74) is 1.24. The molecule has 0 aliphatic carbocycles. The van der Waals surface area contributed by atoms with Crippen molar-refractivity contribution in [3.63, 3.8) is 0 Å². The molecule has 2 aromatic heterocycles. The zero-order chi connectivity index (χ0) is 24.2. The molecule has 1 fully saturated rings. The molecule has 1 amide bonds. The molecule has 11 heteroatoms. The highest BCUT2D eigenvalue weighted by Gasteiger charge is 2.20. The first-order valence-corrected chi connectivity index (χ1v) is 12.7. The van der Waals surface area contributed by atoms with Gasteiger partial charge in [-0.2, -0.15) is 4.98 Å². The molecule has 4 rings (SSSR count). The fraction of sp³-hybridized carbons (Fsp3) is 0.391. The Morgan fingerprint density at radius 1 is 1.29 bits per heavy atom. The molecule has 0 saturated carbocycles. The summed E-state index contributed by atoms with van der Waals surface area (Å²) in [5, 5.41) is 6.96. The fourth-order valence-electron chi connectivity index (χ4n) is 3.85. The number of piperidine rings is 1. The van der Waals surface area contributed by atoms with Crippen molar-refractivity contribution in [2.45, 2.75) is 30.2 Å². The highest BCUT2D eigenvalue weighted by atomic mass is 127. The van der Waals surface area contributed by atoms with Gasteiger partial charge in [0.05, 0.1) is 11.7 Å². The van der Waals surface area contributed by atoms with E-state index in [0.29, 0.717) is 27.3 Å². The molecule has 0 radical (unpaired) electrons. The first-order chi connectivity index (χ1) is 16.4. The van der Waals surface area contributed by atoms with E-state index in [1.165, 1.54) is 7.05 Å². The van der Waals surface area contributed by atoms with Gasteiger partial charge in [0.2, 0.25) is 5.95 Å². The summed E-state index contributed by atoms with van der Waals surface area (Å²) < 4.78 is 7.79. The van der Waals surface area contributed by atoms with Gasteiger partial charge in [-0.25, -0.2) is 4.98 Å². The molecule has 3 heterocycles. The first kappa shape index (κ1) is 24.5. The number of likely N-dealkylation sites (N-methyl/N-ethyl adjacent to an activating group) is 1. The second-order valence-corrected chi connectivity index (χ2v) is 10.1. The van der Waals surface area contributed by atoms with E-state index in [1.807, 2.05) is 25.1 Å². The van der Waals surface area contributed by atoms with Gasteiger partial charge in [0.1, 0.15) is 5.02 Å². The lowest BCUT2D eigenvalue weighted by Crippen LogP contribution is -2.35. The van der Waals surface area contributed by atoms with E-state index in [-0.39, 0.29) is 23.8 Å². The quantitative estimate of drug-likeness (QED) is 0.317. The average Bonchev–Trinajstić information content (AvgIpc) is 2.84. The van der Waals surface area contributed by atoms with Crippen LogP contribution in [0.4, 0.5) is 17.5 Å². The van der Waals surface area contributed by atoms with Crippen molar-refractivity contribution in [3.8, 4) is 5.75 Å². The predicted octanol–water partition coefficient (Wildman–Crippen LogP) is 3.74. The SMILES string of the molecule is CCn1c(=O)c(OCC(=O)NC)cc2cc(Nc3nc(N4CCC(I)CC4)ncc3Cl)ccc21. The molecular formula is C23H26ClIN6O3. The van der Waals surface area contributed by atoms with Gasteiger partial charge in [-0.3, -0.25) is 9.59 Å². The highest BCUT2D eigenvalue weighted by Crippen LogP contribution is 2.29. The zero-order valence-electron chi connectivity index (χ0n) is 19.0. The number of nitrogens with one attached hydrogen (secondary N) is 2. The van der Waals surface area contributed by atoms with Crippen molar-refractivity contribution < 1.29 is 9.53 Å². The molecule has 1 aliphatic rings. The zero-order valence-corrected chi connectivity index (χ0v) is 21.9. The number of nitrogens with zero attached hydrogens (tertiary/aromatic N) is 4. The highest BCUT2D eigenvalue weighted by molar-refractivity contribution is 14.1. The van der Waals surface area contributed by atoms with Crippen LogP contribution in [0.3, 0.4) is 0 Å². The van der Waals surface area contributed by atoms with Gasteiger partial charge in [0.15, 0.2) is 18.2 Å². The number of hydrogen-bond donors (Lipinski definition) is 2. The molecule has 34 heavy (non-hydrogen) atoms.